The lowest BCUT2D eigenvalue weighted by Gasteiger charge is -2.24. The number of nitrogens with one attached hydrogen (secondary N) is 2. The van der Waals surface area contributed by atoms with Crippen molar-refractivity contribution in [3.8, 4) is 0 Å². The molecule has 3 fully saturated rings. The highest BCUT2D eigenvalue weighted by Crippen LogP contribution is 2.29. The van der Waals surface area contributed by atoms with Gasteiger partial charge in [0.15, 0.2) is 5.96 Å². The van der Waals surface area contributed by atoms with Crippen molar-refractivity contribution in [1.29, 1.82) is 0 Å². The van der Waals surface area contributed by atoms with Crippen LogP contribution in [0.3, 0.4) is 0 Å². The zero-order chi connectivity index (χ0) is 13.9. The molecule has 21 heavy (non-hydrogen) atoms. The van der Waals surface area contributed by atoms with Gasteiger partial charge in [0.2, 0.25) is 0 Å². The smallest absolute Gasteiger partial charge is 0.191 e. The number of nitrogens with zero attached hydrogens (tertiary/aromatic N) is 2. The summed E-state index contributed by atoms with van der Waals surface area (Å²) in [6.07, 6.45) is 8.26. The Morgan fingerprint density at radius 3 is 2.52 bits per heavy atom. The van der Waals surface area contributed by atoms with Crippen molar-refractivity contribution in [2.75, 3.05) is 19.6 Å². The molecule has 0 spiro atoms. The van der Waals surface area contributed by atoms with Gasteiger partial charge in [-0.05, 0) is 38.5 Å². The van der Waals surface area contributed by atoms with Crippen molar-refractivity contribution >= 4 is 29.9 Å². The third-order valence-corrected chi connectivity index (χ3v) is 5.15. The number of halogens is 1. The normalized spacial score (nSPS) is 33.8. The molecule has 1 aliphatic heterocycles. The largest absolute Gasteiger partial charge is 0.353 e. The topological polar surface area (TPSA) is 39.7 Å². The molecule has 0 bridgehead atoms. The maximum Gasteiger partial charge on any atom is 0.191 e. The highest BCUT2D eigenvalue weighted by atomic mass is 127. The first-order valence-corrected chi connectivity index (χ1v) is 8.58. The Balaban J connectivity index is 0.00000161. The van der Waals surface area contributed by atoms with Gasteiger partial charge in [0, 0.05) is 37.8 Å². The Morgan fingerprint density at radius 1 is 1.19 bits per heavy atom. The average Bonchev–Trinajstić information content (AvgIpc) is 2.91. The molecule has 0 aromatic carbocycles. The molecule has 2 saturated carbocycles. The molecule has 3 atom stereocenters. The molecule has 0 radical (unpaired) electrons. The summed E-state index contributed by atoms with van der Waals surface area (Å²) in [6, 6.07) is 2.10. The van der Waals surface area contributed by atoms with E-state index in [0.717, 1.165) is 24.5 Å². The van der Waals surface area contributed by atoms with Crippen molar-refractivity contribution in [2.45, 2.75) is 70.5 Å². The maximum absolute atomic E-state index is 4.60. The molecule has 0 amide bonds. The lowest BCUT2D eigenvalue weighted by Crippen LogP contribution is -2.46. The van der Waals surface area contributed by atoms with E-state index in [2.05, 4.69) is 34.4 Å². The summed E-state index contributed by atoms with van der Waals surface area (Å²) in [7, 11) is 0. The monoisotopic (exact) mass is 406 g/mol. The van der Waals surface area contributed by atoms with Crippen LogP contribution in [-0.4, -0.2) is 48.6 Å². The lowest BCUT2D eigenvalue weighted by atomic mass is 10.2. The van der Waals surface area contributed by atoms with E-state index in [9.17, 15) is 0 Å². The molecular formula is C16H31IN4. The molecule has 4 nitrogen and oxygen atoms in total. The van der Waals surface area contributed by atoms with Crippen LogP contribution in [-0.2, 0) is 0 Å². The molecule has 2 aliphatic carbocycles. The minimum Gasteiger partial charge on any atom is -0.353 e. The number of rotatable bonds is 4. The van der Waals surface area contributed by atoms with Gasteiger partial charge < -0.3 is 10.6 Å². The number of likely N-dealkylation sites (tertiary alicyclic amines) is 1. The molecule has 3 aliphatic rings. The minimum absolute atomic E-state index is 0. The van der Waals surface area contributed by atoms with Crippen molar-refractivity contribution in [1.82, 2.24) is 15.5 Å². The van der Waals surface area contributed by atoms with Gasteiger partial charge in [-0.2, -0.15) is 0 Å². The Morgan fingerprint density at radius 2 is 1.90 bits per heavy atom. The van der Waals surface area contributed by atoms with E-state index >= 15 is 0 Å². The average molecular weight is 406 g/mol. The second kappa shape index (κ2) is 7.99. The highest BCUT2D eigenvalue weighted by Gasteiger charge is 2.34. The van der Waals surface area contributed by atoms with E-state index in [1.165, 1.54) is 51.6 Å². The minimum atomic E-state index is 0. The molecular weight excluding hydrogens is 375 g/mol. The summed E-state index contributed by atoms with van der Waals surface area (Å²) in [6.45, 7) is 7.74. The van der Waals surface area contributed by atoms with Crippen LogP contribution in [0.15, 0.2) is 4.99 Å². The molecule has 3 rings (SSSR count). The van der Waals surface area contributed by atoms with E-state index < -0.39 is 0 Å². The Bertz CT molecular complexity index is 354. The van der Waals surface area contributed by atoms with Crippen molar-refractivity contribution < 1.29 is 0 Å². The SMILES string of the molecule is CCN=C(NC1CCN(C2CCCC2)C1)NC1CC1C.I. The van der Waals surface area contributed by atoms with E-state index in [0.29, 0.717) is 12.1 Å². The lowest BCUT2D eigenvalue weighted by molar-refractivity contribution is 0.242. The van der Waals surface area contributed by atoms with E-state index in [-0.39, 0.29) is 24.0 Å². The van der Waals surface area contributed by atoms with Gasteiger partial charge in [0.25, 0.3) is 0 Å². The summed E-state index contributed by atoms with van der Waals surface area (Å²) in [5.74, 6) is 1.86. The predicted octanol–water partition coefficient (Wildman–Crippen LogP) is 2.58. The fourth-order valence-electron chi connectivity index (χ4n) is 3.69. The van der Waals surface area contributed by atoms with Gasteiger partial charge in [-0.25, -0.2) is 0 Å². The molecule has 2 N–H and O–H groups in total. The molecule has 122 valence electrons. The Hall–Kier alpha value is -0.0400. The summed E-state index contributed by atoms with van der Waals surface area (Å²) in [5.41, 5.74) is 0. The first kappa shape index (κ1) is 17.3. The molecule has 3 unspecified atom stereocenters. The first-order chi connectivity index (χ1) is 9.76. The fourth-order valence-corrected chi connectivity index (χ4v) is 3.69. The van der Waals surface area contributed by atoms with Gasteiger partial charge in [0.1, 0.15) is 0 Å². The second-order valence-corrected chi connectivity index (χ2v) is 6.85. The zero-order valence-corrected chi connectivity index (χ0v) is 15.8. The number of hydrogen-bond acceptors (Lipinski definition) is 2. The van der Waals surface area contributed by atoms with Crippen LogP contribution >= 0.6 is 24.0 Å². The van der Waals surface area contributed by atoms with E-state index in [1.807, 2.05) is 0 Å². The van der Waals surface area contributed by atoms with E-state index in [1.54, 1.807) is 0 Å². The zero-order valence-electron chi connectivity index (χ0n) is 13.5. The third-order valence-electron chi connectivity index (χ3n) is 5.15. The second-order valence-electron chi connectivity index (χ2n) is 6.85. The van der Waals surface area contributed by atoms with Gasteiger partial charge in [-0.15, -0.1) is 24.0 Å². The summed E-state index contributed by atoms with van der Waals surface area (Å²) in [4.78, 5) is 7.30. The number of hydrogen-bond donors (Lipinski definition) is 2. The van der Waals surface area contributed by atoms with Crippen molar-refractivity contribution in [3.63, 3.8) is 0 Å². The molecule has 1 heterocycles. The molecule has 0 aromatic rings. The summed E-state index contributed by atoms with van der Waals surface area (Å²) in [5, 5.41) is 7.23. The van der Waals surface area contributed by atoms with Crippen LogP contribution in [0, 0.1) is 5.92 Å². The van der Waals surface area contributed by atoms with Gasteiger partial charge >= 0.3 is 0 Å². The quantitative estimate of drug-likeness (QED) is 0.428. The van der Waals surface area contributed by atoms with Crippen LogP contribution in [0.25, 0.3) is 0 Å². The van der Waals surface area contributed by atoms with Crippen LogP contribution in [0.2, 0.25) is 0 Å². The summed E-state index contributed by atoms with van der Waals surface area (Å²) >= 11 is 0. The summed E-state index contributed by atoms with van der Waals surface area (Å²) < 4.78 is 0. The number of guanidine groups is 1. The number of aliphatic imine (C=N–C) groups is 1. The van der Waals surface area contributed by atoms with Crippen LogP contribution in [0.4, 0.5) is 0 Å². The van der Waals surface area contributed by atoms with Crippen molar-refractivity contribution in [3.05, 3.63) is 0 Å². The van der Waals surface area contributed by atoms with Gasteiger partial charge in [0.05, 0.1) is 0 Å². The van der Waals surface area contributed by atoms with Crippen LogP contribution in [0.1, 0.15) is 52.4 Å². The molecule has 5 heteroatoms. The highest BCUT2D eigenvalue weighted by molar-refractivity contribution is 14.0. The van der Waals surface area contributed by atoms with E-state index in [4.69, 9.17) is 0 Å². The third kappa shape index (κ3) is 4.71. The predicted molar refractivity (Wildman–Crippen MR) is 99.5 cm³/mol. The first-order valence-electron chi connectivity index (χ1n) is 8.58. The maximum atomic E-state index is 4.60. The van der Waals surface area contributed by atoms with Crippen LogP contribution in [0.5, 0.6) is 0 Å². The molecule has 0 aromatic heterocycles. The standard InChI is InChI=1S/C16H30N4.HI/c1-3-17-16(19-15-10-12(15)2)18-13-8-9-20(11-13)14-6-4-5-7-14;/h12-15H,3-11H2,1-2H3,(H2,17,18,19);1H. The van der Waals surface area contributed by atoms with Crippen LogP contribution < -0.4 is 10.6 Å². The fraction of sp³-hybridized carbons (Fsp3) is 0.938. The van der Waals surface area contributed by atoms with Crippen molar-refractivity contribution in [2.24, 2.45) is 10.9 Å². The Kier molecular flexibility index (Phi) is 6.59. The Labute approximate surface area is 146 Å². The van der Waals surface area contributed by atoms with Gasteiger partial charge in [-0.1, -0.05) is 19.8 Å². The van der Waals surface area contributed by atoms with Gasteiger partial charge in [-0.3, -0.25) is 9.89 Å². The molecule has 1 saturated heterocycles.